The number of carbonyl (C=O) groups is 1. The van der Waals surface area contributed by atoms with E-state index >= 15 is 0 Å². The van der Waals surface area contributed by atoms with Gasteiger partial charge in [-0.2, -0.15) is 0 Å². The van der Waals surface area contributed by atoms with Crippen LogP contribution in [0.3, 0.4) is 0 Å². The fourth-order valence-corrected chi connectivity index (χ4v) is 4.42. The predicted molar refractivity (Wildman–Crippen MR) is 82.3 cm³/mol. The van der Waals surface area contributed by atoms with Crippen molar-refractivity contribution in [1.29, 1.82) is 0 Å². The number of thiazole rings is 1. The highest BCUT2D eigenvalue weighted by Crippen LogP contribution is 2.46. The average molecular weight is 296 g/mol. The molecule has 1 heterocycles. The van der Waals surface area contributed by atoms with Crippen LogP contribution in [0.2, 0.25) is 0 Å². The largest absolute Gasteiger partial charge is 0.464 e. The van der Waals surface area contributed by atoms with Crippen molar-refractivity contribution >= 4 is 22.4 Å². The first kappa shape index (κ1) is 15.3. The molecule has 0 radical (unpaired) electrons. The molecule has 5 heteroatoms. The van der Waals surface area contributed by atoms with Gasteiger partial charge in [-0.15, -0.1) is 11.3 Å². The standard InChI is InChI=1S/C15H24N2O2S/c1-14(2)6-10(7-15(3,4)9-14)16-13-17-11(8-20-13)12(18)19-5/h8,10H,6-7,9H2,1-5H3,(H,16,17). The second-order valence-electron chi connectivity index (χ2n) is 7.28. The number of hydrogen-bond donors (Lipinski definition) is 1. The number of esters is 1. The molecular weight excluding hydrogens is 272 g/mol. The van der Waals surface area contributed by atoms with Crippen molar-refractivity contribution in [1.82, 2.24) is 4.98 Å². The molecule has 20 heavy (non-hydrogen) atoms. The highest BCUT2D eigenvalue weighted by molar-refractivity contribution is 7.13. The van der Waals surface area contributed by atoms with Gasteiger partial charge in [0.25, 0.3) is 0 Å². The molecular formula is C15H24N2O2S. The molecule has 1 fully saturated rings. The lowest BCUT2D eigenvalue weighted by Crippen LogP contribution is -2.40. The van der Waals surface area contributed by atoms with Crippen LogP contribution in [-0.2, 0) is 4.74 Å². The highest BCUT2D eigenvalue weighted by Gasteiger charge is 2.38. The second kappa shape index (κ2) is 5.35. The van der Waals surface area contributed by atoms with Crippen LogP contribution in [0.4, 0.5) is 5.13 Å². The Bertz CT molecular complexity index is 478. The second-order valence-corrected chi connectivity index (χ2v) is 8.14. The Kier molecular flexibility index (Phi) is 4.09. The summed E-state index contributed by atoms with van der Waals surface area (Å²) in [6.07, 6.45) is 3.50. The molecule has 0 amide bonds. The molecule has 0 aromatic carbocycles. The Balaban J connectivity index is 2.06. The van der Waals surface area contributed by atoms with Gasteiger partial charge < -0.3 is 10.1 Å². The summed E-state index contributed by atoms with van der Waals surface area (Å²) in [7, 11) is 1.38. The van der Waals surface area contributed by atoms with Gasteiger partial charge in [0, 0.05) is 11.4 Å². The first-order valence-corrected chi connectivity index (χ1v) is 7.89. The first-order valence-electron chi connectivity index (χ1n) is 7.01. The summed E-state index contributed by atoms with van der Waals surface area (Å²) in [5, 5.41) is 6.04. The van der Waals surface area contributed by atoms with Gasteiger partial charge in [0.15, 0.2) is 10.8 Å². The molecule has 0 aliphatic heterocycles. The van der Waals surface area contributed by atoms with E-state index in [2.05, 4.69) is 42.7 Å². The van der Waals surface area contributed by atoms with Gasteiger partial charge in [0.05, 0.1) is 7.11 Å². The number of ether oxygens (including phenoxy) is 1. The zero-order valence-electron chi connectivity index (χ0n) is 12.9. The number of nitrogens with zero attached hydrogens (tertiary/aromatic N) is 1. The van der Waals surface area contributed by atoms with E-state index in [1.807, 2.05) is 0 Å². The lowest BCUT2D eigenvalue weighted by atomic mass is 9.63. The van der Waals surface area contributed by atoms with E-state index < -0.39 is 0 Å². The summed E-state index contributed by atoms with van der Waals surface area (Å²) in [6.45, 7) is 9.29. The molecule has 1 aromatic rings. The molecule has 2 rings (SSSR count). The molecule has 112 valence electrons. The smallest absolute Gasteiger partial charge is 0.357 e. The monoisotopic (exact) mass is 296 g/mol. The maximum absolute atomic E-state index is 11.4. The number of methoxy groups -OCH3 is 1. The van der Waals surface area contributed by atoms with Gasteiger partial charge >= 0.3 is 5.97 Å². The number of rotatable bonds is 3. The molecule has 1 aromatic heterocycles. The van der Waals surface area contributed by atoms with E-state index in [4.69, 9.17) is 0 Å². The van der Waals surface area contributed by atoms with Gasteiger partial charge in [-0.3, -0.25) is 0 Å². The maximum Gasteiger partial charge on any atom is 0.357 e. The number of hydrogen-bond acceptors (Lipinski definition) is 5. The molecule has 1 N–H and O–H groups in total. The van der Waals surface area contributed by atoms with Crippen LogP contribution in [0.15, 0.2) is 5.38 Å². The van der Waals surface area contributed by atoms with Gasteiger partial charge in [-0.25, -0.2) is 9.78 Å². The molecule has 0 unspecified atom stereocenters. The molecule has 0 spiro atoms. The molecule has 0 atom stereocenters. The van der Waals surface area contributed by atoms with E-state index in [0.717, 1.165) is 18.0 Å². The fourth-order valence-electron chi connectivity index (χ4n) is 3.66. The summed E-state index contributed by atoms with van der Waals surface area (Å²) in [4.78, 5) is 15.7. The molecule has 1 aliphatic carbocycles. The quantitative estimate of drug-likeness (QED) is 0.858. The molecule has 1 aliphatic rings. The molecule has 0 bridgehead atoms. The average Bonchev–Trinajstić information content (AvgIpc) is 2.72. The third kappa shape index (κ3) is 3.72. The zero-order valence-corrected chi connectivity index (χ0v) is 13.8. The maximum atomic E-state index is 11.4. The molecule has 1 saturated carbocycles. The Morgan fingerprint density at radius 2 is 1.95 bits per heavy atom. The Hall–Kier alpha value is -1.10. The number of nitrogens with one attached hydrogen (secondary N) is 1. The van der Waals surface area contributed by atoms with Crippen LogP contribution in [-0.4, -0.2) is 24.1 Å². The van der Waals surface area contributed by atoms with Crippen LogP contribution in [0.5, 0.6) is 0 Å². The SMILES string of the molecule is COC(=O)c1csc(NC2CC(C)(C)CC(C)(C)C2)n1. The van der Waals surface area contributed by atoms with Gasteiger partial charge in [0.2, 0.25) is 0 Å². The van der Waals surface area contributed by atoms with E-state index in [1.54, 1.807) is 5.38 Å². The Labute approximate surface area is 124 Å². The first-order chi connectivity index (χ1) is 9.21. The van der Waals surface area contributed by atoms with E-state index in [-0.39, 0.29) is 5.97 Å². The van der Waals surface area contributed by atoms with Crippen molar-refractivity contribution in [2.45, 2.75) is 53.0 Å². The van der Waals surface area contributed by atoms with Crippen LogP contribution in [0, 0.1) is 10.8 Å². The molecule has 4 nitrogen and oxygen atoms in total. The van der Waals surface area contributed by atoms with Crippen molar-refractivity contribution in [3.8, 4) is 0 Å². The number of carbonyl (C=O) groups excluding carboxylic acids is 1. The van der Waals surface area contributed by atoms with Gasteiger partial charge in [-0.1, -0.05) is 27.7 Å². The number of aromatic nitrogens is 1. The van der Waals surface area contributed by atoms with Crippen molar-refractivity contribution in [2.24, 2.45) is 10.8 Å². The summed E-state index contributed by atoms with van der Waals surface area (Å²) in [6, 6.07) is 0.408. The van der Waals surface area contributed by atoms with Crippen molar-refractivity contribution in [2.75, 3.05) is 12.4 Å². The van der Waals surface area contributed by atoms with Gasteiger partial charge in [0.1, 0.15) is 0 Å². The molecule has 0 saturated heterocycles. The highest BCUT2D eigenvalue weighted by atomic mass is 32.1. The lowest BCUT2D eigenvalue weighted by Gasteiger charge is -2.45. The minimum atomic E-state index is -0.376. The van der Waals surface area contributed by atoms with Gasteiger partial charge in [-0.05, 0) is 30.1 Å². The van der Waals surface area contributed by atoms with E-state index in [1.165, 1.54) is 24.9 Å². The normalized spacial score (nSPS) is 21.4. The van der Waals surface area contributed by atoms with E-state index in [9.17, 15) is 4.79 Å². The summed E-state index contributed by atoms with van der Waals surface area (Å²) >= 11 is 1.46. The minimum absolute atomic E-state index is 0.335. The van der Waals surface area contributed by atoms with Crippen LogP contribution < -0.4 is 5.32 Å². The van der Waals surface area contributed by atoms with Crippen molar-refractivity contribution in [3.63, 3.8) is 0 Å². The third-order valence-electron chi connectivity index (χ3n) is 3.78. The van der Waals surface area contributed by atoms with Crippen LogP contribution in [0.25, 0.3) is 0 Å². The Morgan fingerprint density at radius 3 is 2.50 bits per heavy atom. The number of anilines is 1. The zero-order chi connectivity index (χ0) is 15.0. The summed E-state index contributed by atoms with van der Waals surface area (Å²) < 4.78 is 4.68. The topological polar surface area (TPSA) is 51.2 Å². The van der Waals surface area contributed by atoms with E-state index in [0.29, 0.717) is 22.6 Å². The van der Waals surface area contributed by atoms with Crippen LogP contribution in [0.1, 0.15) is 57.4 Å². The Morgan fingerprint density at radius 1 is 1.35 bits per heavy atom. The van der Waals surface area contributed by atoms with Crippen LogP contribution >= 0.6 is 11.3 Å². The fraction of sp³-hybridized carbons (Fsp3) is 0.733. The lowest BCUT2D eigenvalue weighted by molar-refractivity contribution is 0.0595. The van der Waals surface area contributed by atoms with Crippen molar-refractivity contribution in [3.05, 3.63) is 11.1 Å². The predicted octanol–water partition coefficient (Wildman–Crippen LogP) is 3.95. The summed E-state index contributed by atoms with van der Waals surface area (Å²) in [5.74, 6) is -0.376. The summed E-state index contributed by atoms with van der Waals surface area (Å²) in [5.41, 5.74) is 1.05. The third-order valence-corrected chi connectivity index (χ3v) is 4.55. The van der Waals surface area contributed by atoms with Crippen molar-refractivity contribution < 1.29 is 9.53 Å². The minimum Gasteiger partial charge on any atom is -0.464 e.